The minimum absolute atomic E-state index is 0.0497. The standard InChI is InChI=1S/C14H10ClF3/c15-9-11-7-4-8-12(14(16,17)18)13(11)10-5-2-1-3-6-10/h1-8H,9H2. The predicted octanol–water partition coefficient (Wildman–Crippen LogP) is 5.11. The van der Waals surface area contributed by atoms with E-state index in [1.165, 1.54) is 6.07 Å². The van der Waals surface area contributed by atoms with Crippen molar-refractivity contribution in [3.63, 3.8) is 0 Å². The van der Waals surface area contributed by atoms with Crippen LogP contribution in [0.4, 0.5) is 13.2 Å². The van der Waals surface area contributed by atoms with E-state index >= 15 is 0 Å². The number of rotatable bonds is 2. The molecule has 18 heavy (non-hydrogen) atoms. The molecule has 0 amide bonds. The molecule has 2 rings (SSSR count). The zero-order valence-electron chi connectivity index (χ0n) is 9.34. The fraction of sp³-hybridized carbons (Fsp3) is 0.143. The van der Waals surface area contributed by atoms with E-state index in [1.54, 1.807) is 36.4 Å². The third-order valence-electron chi connectivity index (χ3n) is 2.66. The number of benzene rings is 2. The van der Waals surface area contributed by atoms with Crippen LogP contribution in [0.1, 0.15) is 11.1 Å². The van der Waals surface area contributed by atoms with Crippen LogP contribution in [0.2, 0.25) is 0 Å². The van der Waals surface area contributed by atoms with Crippen molar-refractivity contribution < 1.29 is 13.2 Å². The molecular formula is C14H10ClF3. The second-order valence-corrected chi connectivity index (χ2v) is 4.10. The molecule has 0 unspecified atom stereocenters. The molecule has 0 aromatic heterocycles. The summed E-state index contributed by atoms with van der Waals surface area (Å²) in [5, 5.41) is 0. The highest BCUT2D eigenvalue weighted by molar-refractivity contribution is 6.17. The fourth-order valence-corrected chi connectivity index (χ4v) is 2.12. The van der Waals surface area contributed by atoms with Gasteiger partial charge in [0, 0.05) is 5.88 Å². The lowest BCUT2D eigenvalue weighted by Crippen LogP contribution is -2.08. The molecule has 0 aliphatic heterocycles. The largest absolute Gasteiger partial charge is 0.417 e. The summed E-state index contributed by atoms with van der Waals surface area (Å²) in [6.07, 6.45) is -4.38. The van der Waals surface area contributed by atoms with Crippen LogP contribution in [0.5, 0.6) is 0 Å². The molecule has 4 heteroatoms. The lowest BCUT2D eigenvalue weighted by molar-refractivity contribution is -0.137. The normalized spacial score (nSPS) is 11.6. The van der Waals surface area contributed by atoms with E-state index in [2.05, 4.69) is 0 Å². The Morgan fingerprint density at radius 2 is 1.56 bits per heavy atom. The Morgan fingerprint density at radius 1 is 0.889 bits per heavy atom. The molecule has 94 valence electrons. The Morgan fingerprint density at radius 3 is 2.11 bits per heavy atom. The average molecular weight is 271 g/mol. The van der Waals surface area contributed by atoms with E-state index in [0.717, 1.165) is 6.07 Å². The van der Waals surface area contributed by atoms with E-state index in [0.29, 0.717) is 11.1 Å². The van der Waals surface area contributed by atoms with Gasteiger partial charge >= 0.3 is 6.18 Å². The van der Waals surface area contributed by atoms with Crippen LogP contribution in [-0.2, 0) is 12.1 Å². The van der Waals surface area contributed by atoms with Crippen molar-refractivity contribution in [3.05, 3.63) is 59.7 Å². The van der Waals surface area contributed by atoms with Gasteiger partial charge in [0.15, 0.2) is 0 Å². The Balaban J connectivity index is 2.70. The second-order valence-electron chi connectivity index (χ2n) is 3.84. The first-order valence-electron chi connectivity index (χ1n) is 5.34. The maximum absolute atomic E-state index is 13.0. The van der Waals surface area contributed by atoms with Crippen LogP contribution in [0, 0.1) is 0 Å². The Hall–Kier alpha value is -1.48. The molecule has 2 aromatic rings. The van der Waals surface area contributed by atoms with Gasteiger partial charge in [-0.05, 0) is 22.8 Å². The van der Waals surface area contributed by atoms with Crippen LogP contribution in [0.15, 0.2) is 48.5 Å². The molecule has 0 nitrogen and oxygen atoms in total. The predicted molar refractivity (Wildman–Crippen MR) is 66.4 cm³/mol. The minimum Gasteiger partial charge on any atom is -0.166 e. The van der Waals surface area contributed by atoms with Crippen molar-refractivity contribution in [2.45, 2.75) is 12.1 Å². The van der Waals surface area contributed by atoms with Gasteiger partial charge in [0.25, 0.3) is 0 Å². The summed E-state index contributed by atoms with van der Waals surface area (Å²) < 4.78 is 39.0. The van der Waals surface area contributed by atoms with Crippen molar-refractivity contribution >= 4 is 11.6 Å². The van der Waals surface area contributed by atoms with Gasteiger partial charge in [0.1, 0.15) is 0 Å². The fourth-order valence-electron chi connectivity index (χ4n) is 1.89. The molecule has 0 spiro atoms. The summed E-state index contributed by atoms with van der Waals surface area (Å²) in [6.45, 7) is 0. The summed E-state index contributed by atoms with van der Waals surface area (Å²) in [5.74, 6) is 0.0497. The molecule has 0 heterocycles. The van der Waals surface area contributed by atoms with E-state index < -0.39 is 11.7 Å². The summed E-state index contributed by atoms with van der Waals surface area (Å²) in [4.78, 5) is 0. The lowest BCUT2D eigenvalue weighted by Gasteiger charge is -2.16. The molecule has 0 bridgehead atoms. The third kappa shape index (κ3) is 2.51. The van der Waals surface area contributed by atoms with Gasteiger partial charge < -0.3 is 0 Å². The molecule has 0 saturated heterocycles. The molecule has 0 aliphatic rings. The highest BCUT2D eigenvalue weighted by atomic mass is 35.5. The monoisotopic (exact) mass is 270 g/mol. The van der Waals surface area contributed by atoms with Gasteiger partial charge in [-0.3, -0.25) is 0 Å². The quantitative estimate of drug-likeness (QED) is 0.665. The summed E-state index contributed by atoms with van der Waals surface area (Å²) in [5.41, 5.74) is 0.534. The van der Waals surface area contributed by atoms with Crippen LogP contribution < -0.4 is 0 Å². The van der Waals surface area contributed by atoms with Crippen molar-refractivity contribution in [2.24, 2.45) is 0 Å². The molecular weight excluding hydrogens is 261 g/mol. The summed E-state index contributed by atoms with van der Waals surface area (Å²) >= 11 is 5.74. The molecule has 0 radical (unpaired) electrons. The molecule has 0 N–H and O–H groups in total. The van der Waals surface area contributed by atoms with E-state index in [9.17, 15) is 13.2 Å². The number of hydrogen-bond donors (Lipinski definition) is 0. The van der Waals surface area contributed by atoms with E-state index in [-0.39, 0.29) is 11.4 Å². The molecule has 0 aliphatic carbocycles. The number of alkyl halides is 4. The smallest absolute Gasteiger partial charge is 0.166 e. The third-order valence-corrected chi connectivity index (χ3v) is 2.95. The first-order chi connectivity index (χ1) is 8.54. The minimum atomic E-state index is -4.38. The van der Waals surface area contributed by atoms with Gasteiger partial charge in [0.05, 0.1) is 5.56 Å². The van der Waals surface area contributed by atoms with Gasteiger partial charge in [0.2, 0.25) is 0 Å². The Labute approximate surface area is 108 Å². The number of hydrogen-bond acceptors (Lipinski definition) is 0. The zero-order chi connectivity index (χ0) is 13.2. The van der Waals surface area contributed by atoms with Gasteiger partial charge in [-0.25, -0.2) is 0 Å². The summed E-state index contributed by atoms with van der Waals surface area (Å²) in [7, 11) is 0. The van der Waals surface area contributed by atoms with Gasteiger partial charge in [-0.15, -0.1) is 11.6 Å². The van der Waals surface area contributed by atoms with Crippen LogP contribution in [0.3, 0.4) is 0 Å². The van der Waals surface area contributed by atoms with Crippen molar-refractivity contribution in [2.75, 3.05) is 0 Å². The first-order valence-corrected chi connectivity index (χ1v) is 5.88. The van der Waals surface area contributed by atoms with Crippen LogP contribution >= 0.6 is 11.6 Å². The Bertz CT molecular complexity index is 532. The average Bonchev–Trinajstić information content (AvgIpc) is 2.38. The second kappa shape index (κ2) is 5.02. The summed E-state index contributed by atoms with van der Waals surface area (Å²) in [6, 6.07) is 12.6. The van der Waals surface area contributed by atoms with Crippen molar-refractivity contribution in [3.8, 4) is 11.1 Å². The van der Waals surface area contributed by atoms with Gasteiger partial charge in [-0.1, -0.05) is 42.5 Å². The molecule has 2 aromatic carbocycles. The molecule has 0 fully saturated rings. The number of halogens is 4. The van der Waals surface area contributed by atoms with E-state index in [1.807, 2.05) is 0 Å². The lowest BCUT2D eigenvalue weighted by atomic mass is 9.95. The van der Waals surface area contributed by atoms with E-state index in [4.69, 9.17) is 11.6 Å². The van der Waals surface area contributed by atoms with Crippen LogP contribution in [0.25, 0.3) is 11.1 Å². The first kappa shape index (κ1) is 13.0. The highest BCUT2D eigenvalue weighted by Crippen LogP contribution is 2.39. The van der Waals surface area contributed by atoms with Gasteiger partial charge in [-0.2, -0.15) is 13.2 Å². The topological polar surface area (TPSA) is 0 Å². The van der Waals surface area contributed by atoms with Crippen molar-refractivity contribution in [1.29, 1.82) is 0 Å². The van der Waals surface area contributed by atoms with Crippen LogP contribution in [-0.4, -0.2) is 0 Å². The maximum atomic E-state index is 13.0. The Kier molecular flexibility index (Phi) is 3.62. The SMILES string of the molecule is FC(F)(F)c1cccc(CCl)c1-c1ccccc1. The zero-order valence-corrected chi connectivity index (χ0v) is 10.1. The molecule has 0 atom stereocenters. The maximum Gasteiger partial charge on any atom is 0.417 e. The van der Waals surface area contributed by atoms with Crippen molar-refractivity contribution in [1.82, 2.24) is 0 Å². The molecule has 0 saturated carbocycles. The highest BCUT2D eigenvalue weighted by Gasteiger charge is 2.34.